The van der Waals surface area contributed by atoms with E-state index in [-0.39, 0.29) is 52.8 Å². The maximum Gasteiger partial charge on any atom is 1.00 e. The van der Waals surface area contributed by atoms with Crippen LogP contribution in [0.1, 0.15) is 6.99 Å². The van der Waals surface area contributed by atoms with Crippen LogP contribution in [0.2, 0.25) is 0 Å². The van der Waals surface area contributed by atoms with Crippen LogP contribution in [-0.4, -0.2) is 17.1 Å². The number of carboxylic acids is 1. The molecular formula is C9H12KNO2. The fourth-order valence-corrected chi connectivity index (χ4v) is 0.955. The summed E-state index contributed by atoms with van der Waals surface area (Å²) in [6.07, 6.45) is 0.385. The average Bonchev–Trinajstić information content (AvgIpc) is 2.06. The minimum absolute atomic E-state index is 0. The first-order valence-corrected chi connectivity index (χ1v) is 3.72. The largest absolute Gasteiger partial charge is 1.00 e. The van der Waals surface area contributed by atoms with Crippen molar-refractivity contribution in [3.63, 3.8) is 0 Å². The van der Waals surface area contributed by atoms with Crippen molar-refractivity contribution in [3.8, 4) is 0 Å². The molecule has 0 fully saturated rings. The van der Waals surface area contributed by atoms with E-state index in [1.807, 2.05) is 30.3 Å². The van der Waals surface area contributed by atoms with E-state index in [1.54, 1.807) is 0 Å². The summed E-state index contributed by atoms with van der Waals surface area (Å²) in [7, 11) is 0. The number of carboxylic acid groups (broad SMARTS) is 1. The molecule has 0 spiro atoms. The Kier molecular flexibility index (Phi) is 6.85. The summed E-state index contributed by atoms with van der Waals surface area (Å²) in [5, 5.41) is 8.52. The van der Waals surface area contributed by atoms with Crippen molar-refractivity contribution in [1.82, 2.24) is 0 Å². The van der Waals surface area contributed by atoms with Gasteiger partial charge in [-0.15, -0.1) is 0 Å². The summed E-state index contributed by atoms with van der Waals surface area (Å²) in [6, 6.07) is 8.54. The van der Waals surface area contributed by atoms with Gasteiger partial charge in [0.05, 0.1) is 0 Å². The van der Waals surface area contributed by atoms with Gasteiger partial charge in [0, 0.05) is 0 Å². The maximum atomic E-state index is 10.4. The molecule has 0 heterocycles. The molecular weight excluding hydrogens is 193 g/mol. The van der Waals surface area contributed by atoms with Gasteiger partial charge in [-0.2, -0.15) is 0 Å². The molecule has 1 atom stereocenters. The molecule has 1 aromatic carbocycles. The molecule has 0 aromatic heterocycles. The van der Waals surface area contributed by atoms with E-state index < -0.39 is 12.0 Å². The monoisotopic (exact) mass is 205 g/mol. The molecule has 0 aliphatic heterocycles. The number of benzene rings is 1. The minimum Gasteiger partial charge on any atom is -1.00 e. The molecule has 0 saturated carbocycles. The molecule has 4 heteroatoms. The molecule has 1 rings (SSSR count). The van der Waals surface area contributed by atoms with E-state index in [9.17, 15) is 4.79 Å². The van der Waals surface area contributed by atoms with Crippen molar-refractivity contribution in [2.45, 2.75) is 12.5 Å². The van der Waals surface area contributed by atoms with Gasteiger partial charge in [-0.25, -0.2) is 0 Å². The molecule has 0 aliphatic carbocycles. The second-order valence-corrected chi connectivity index (χ2v) is 2.63. The number of hydrogen-bond donors (Lipinski definition) is 2. The van der Waals surface area contributed by atoms with Gasteiger partial charge in [-0.05, 0) is 12.0 Å². The van der Waals surface area contributed by atoms with Crippen molar-refractivity contribution in [2.24, 2.45) is 5.73 Å². The Labute approximate surface area is 121 Å². The van der Waals surface area contributed by atoms with Crippen molar-refractivity contribution < 1.29 is 62.7 Å². The van der Waals surface area contributed by atoms with Crippen molar-refractivity contribution in [1.29, 1.82) is 0 Å². The van der Waals surface area contributed by atoms with Crippen molar-refractivity contribution >= 4 is 5.97 Å². The van der Waals surface area contributed by atoms with E-state index in [1.165, 1.54) is 0 Å². The van der Waals surface area contributed by atoms with E-state index in [0.717, 1.165) is 5.56 Å². The third kappa shape index (κ3) is 4.90. The van der Waals surface area contributed by atoms with Crippen LogP contribution in [-0.2, 0) is 11.2 Å². The molecule has 0 amide bonds. The summed E-state index contributed by atoms with van der Waals surface area (Å²) in [4.78, 5) is 10.4. The number of carbonyl (C=O) groups is 1. The second kappa shape index (κ2) is 6.70. The zero-order valence-corrected chi connectivity index (χ0v) is 10.7. The summed E-state index contributed by atoms with van der Waals surface area (Å²) >= 11 is 0. The fraction of sp³-hybridized carbons (Fsp3) is 0.222. The Hall–Kier alpha value is 0.286. The Balaban J connectivity index is 0. The predicted molar refractivity (Wildman–Crippen MR) is 46.9 cm³/mol. The second-order valence-electron chi connectivity index (χ2n) is 2.63. The zero-order chi connectivity index (χ0) is 8.97. The molecule has 0 bridgehead atoms. The first-order chi connectivity index (χ1) is 5.70. The smallest absolute Gasteiger partial charge is 1.00 e. The molecule has 1 aromatic rings. The van der Waals surface area contributed by atoms with E-state index in [0.29, 0.717) is 6.42 Å². The molecule has 0 aliphatic rings. The van der Waals surface area contributed by atoms with E-state index in [2.05, 4.69) is 0 Å². The topological polar surface area (TPSA) is 63.3 Å². The van der Waals surface area contributed by atoms with Crippen LogP contribution in [0.5, 0.6) is 0 Å². The zero-order valence-electron chi connectivity index (χ0n) is 8.60. The van der Waals surface area contributed by atoms with Gasteiger partial charge < -0.3 is 12.3 Å². The van der Waals surface area contributed by atoms with Crippen LogP contribution in [0.4, 0.5) is 0 Å². The number of rotatable bonds is 3. The number of nitrogens with two attached hydrogens (primary N) is 1. The average molecular weight is 205 g/mol. The van der Waals surface area contributed by atoms with Crippen LogP contribution in [0.25, 0.3) is 0 Å². The van der Waals surface area contributed by atoms with Gasteiger partial charge in [-0.1, -0.05) is 30.3 Å². The Morgan fingerprint density at radius 1 is 1.46 bits per heavy atom. The first-order valence-electron chi connectivity index (χ1n) is 3.72. The van der Waals surface area contributed by atoms with Crippen molar-refractivity contribution in [3.05, 3.63) is 35.9 Å². The van der Waals surface area contributed by atoms with Gasteiger partial charge in [0.25, 0.3) is 0 Å². The molecule has 3 nitrogen and oxygen atoms in total. The third-order valence-corrected chi connectivity index (χ3v) is 1.62. The summed E-state index contributed by atoms with van der Waals surface area (Å²) in [6.45, 7) is 0. The SMILES string of the molecule is NC(Cc1ccccc1)C(=O)O.[H-].[K+]. The summed E-state index contributed by atoms with van der Waals surface area (Å²) in [5.41, 5.74) is 6.30. The molecule has 0 saturated heterocycles. The molecule has 66 valence electrons. The van der Waals surface area contributed by atoms with Gasteiger partial charge in [0.1, 0.15) is 6.04 Å². The summed E-state index contributed by atoms with van der Waals surface area (Å²) in [5.74, 6) is -0.959. The normalized spacial score (nSPS) is 11.5. The van der Waals surface area contributed by atoms with E-state index in [4.69, 9.17) is 10.8 Å². The Morgan fingerprint density at radius 3 is 2.46 bits per heavy atom. The quantitative estimate of drug-likeness (QED) is 0.548. The van der Waals surface area contributed by atoms with Crippen LogP contribution in [0.3, 0.4) is 0 Å². The molecule has 1 unspecified atom stereocenters. The molecule has 3 N–H and O–H groups in total. The Bertz CT molecular complexity index is 269. The van der Waals surface area contributed by atoms with Crippen LogP contribution < -0.4 is 57.1 Å². The first kappa shape index (κ1) is 13.3. The third-order valence-electron chi connectivity index (χ3n) is 1.62. The van der Waals surface area contributed by atoms with E-state index >= 15 is 0 Å². The summed E-state index contributed by atoms with van der Waals surface area (Å²) < 4.78 is 0. The molecule has 13 heavy (non-hydrogen) atoms. The van der Waals surface area contributed by atoms with Gasteiger partial charge >= 0.3 is 57.4 Å². The van der Waals surface area contributed by atoms with Crippen LogP contribution in [0, 0.1) is 0 Å². The number of aliphatic carboxylic acids is 1. The molecule has 0 radical (unpaired) electrons. The van der Waals surface area contributed by atoms with Crippen LogP contribution in [0.15, 0.2) is 30.3 Å². The number of hydrogen-bond acceptors (Lipinski definition) is 2. The van der Waals surface area contributed by atoms with Gasteiger partial charge in [-0.3, -0.25) is 4.79 Å². The van der Waals surface area contributed by atoms with Gasteiger partial charge in [0.15, 0.2) is 0 Å². The fourth-order valence-electron chi connectivity index (χ4n) is 0.955. The standard InChI is InChI=1S/C9H11NO2.K.H/c10-8(9(11)12)6-7-4-2-1-3-5-7;;/h1-5,8H,6,10H2,(H,11,12);;/q;+1;-1. The van der Waals surface area contributed by atoms with Gasteiger partial charge in [0.2, 0.25) is 0 Å². The van der Waals surface area contributed by atoms with Crippen molar-refractivity contribution in [2.75, 3.05) is 0 Å². The van der Waals surface area contributed by atoms with Crippen LogP contribution >= 0.6 is 0 Å². The predicted octanol–water partition coefficient (Wildman–Crippen LogP) is -2.24. The Morgan fingerprint density at radius 2 is 2.00 bits per heavy atom. The minimum atomic E-state index is -0.959. The maximum absolute atomic E-state index is 10.4.